The molecule has 2 amide bonds. The average molecular weight is 274 g/mol. The van der Waals surface area contributed by atoms with Gasteiger partial charge in [0.05, 0.1) is 0 Å². The molecule has 104 valence electrons. The molecule has 0 aromatic heterocycles. The van der Waals surface area contributed by atoms with E-state index in [4.69, 9.17) is 0 Å². The molecule has 4 unspecified atom stereocenters. The number of nitrogens with one attached hydrogen (secondary N) is 1. The van der Waals surface area contributed by atoms with E-state index in [0.29, 0.717) is 6.54 Å². The van der Waals surface area contributed by atoms with E-state index in [1.807, 2.05) is 20.8 Å². The molecule has 0 aromatic carbocycles. The summed E-state index contributed by atoms with van der Waals surface area (Å²) in [7, 11) is -1.00. The van der Waals surface area contributed by atoms with Crippen molar-refractivity contribution in [1.29, 1.82) is 0 Å². The number of hydrogen-bond donors (Lipinski definition) is 1. The molecular formula is C12H22N2O3S. The van der Waals surface area contributed by atoms with Gasteiger partial charge in [-0.05, 0) is 19.8 Å². The van der Waals surface area contributed by atoms with E-state index in [2.05, 4.69) is 5.32 Å². The highest BCUT2D eigenvalue weighted by atomic mass is 32.2. The number of hydrogen-bond acceptors (Lipinski definition) is 3. The fourth-order valence-corrected chi connectivity index (χ4v) is 2.30. The molecule has 0 radical (unpaired) electrons. The molecule has 0 bridgehead atoms. The van der Waals surface area contributed by atoms with Gasteiger partial charge in [0.25, 0.3) is 0 Å². The fourth-order valence-electron chi connectivity index (χ4n) is 1.93. The predicted molar refractivity (Wildman–Crippen MR) is 71.5 cm³/mol. The smallest absolute Gasteiger partial charge is 0.246 e. The number of rotatable bonds is 4. The molecule has 1 aliphatic rings. The maximum atomic E-state index is 12.3. The molecule has 0 saturated carbocycles. The van der Waals surface area contributed by atoms with E-state index in [1.54, 1.807) is 18.1 Å². The minimum Gasteiger partial charge on any atom is -0.342 e. The molecule has 1 rings (SSSR count). The van der Waals surface area contributed by atoms with Gasteiger partial charge in [0.2, 0.25) is 11.8 Å². The minimum absolute atomic E-state index is 0.0545. The van der Waals surface area contributed by atoms with Crippen molar-refractivity contribution in [3.63, 3.8) is 0 Å². The third kappa shape index (κ3) is 3.10. The number of piperazine rings is 1. The molecule has 1 saturated heterocycles. The van der Waals surface area contributed by atoms with Crippen LogP contribution >= 0.6 is 0 Å². The molecule has 0 aliphatic carbocycles. The molecule has 1 heterocycles. The monoisotopic (exact) mass is 274 g/mol. The zero-order valence-corrected chi connectivity index (χ0v) is 12.4. The SMILES string of the molecule is CC(C)C1NC(=O)C(C)N(CC(C)S(C)=O)C1=O. The Morgan fingerprint density at radius 3 is 2.33 bits per heavy atom. The molecule has 4 atom stereocenters. The van der Waals surface area contributed by atoms with Gasteiger partial charge in [-0.2, -0.15) is 0 Å². The van der Waals surface area contributed by atoms with E-state index < -0.39 is 22.9 Å². The van der Waals surface area contributed by atoms with Gasteiger partial charge in [-0.15, -0.1) is 0 Å². The first-order valence-electron chi connectivity index (χ1n) is 6.18. The summed E-state index contributed by atoms with van der Waals surface area (Å²) in [4.78, 5) is 25.7. The predicted octanol–water partition coefficient (Wildman–Crippen LogP) is 0.125. The summed E-state index contributed by atoms with van der Waals surface area (Å²) in [5.41, 5.74) is 0. The van der Waals surface area contributed by atoms with Crippen molar-refractivity contribution in [2.24, 2.45) is 5.92 Å². The van der Waals surface area contributed by atoms with E-state index in [1.165, 1.54) is 0 Å². The summed E-state index contributed by atoms with van der Waals surface area (Å²) in [6.45, 7) is 7.69. The van der Waals surface area contributed by atoms with Crippen molar-refractivity contribution in [2.75, 3.05) is 12.8 Å². The summed E-state index contributed by atoms with van der Waals surface area (Å²) in [5, 5.41) is 2.61. The maximum Gasteiger partial charge on any atom is 0.246 e. The third-order valence-electron chi connectivity index (χ3n) is 3.38. The number of carbonyl (C=O) groups is 2. The average Bonchev–Trinajstić information content (AvgIpc) is 2.28. The molecular weight excluding hydrogens is 252 g/mol. The maximum absolute atomic E-state index is 12.3. The summed E-state index contributed by atoms with van der Waals surface area (Å²) in [5.74, 6) is -0.157. The fraction of sp³-hybridized carbons (Fsp3) is 0.833. The second-order valence-electron chi connectivity index (χ2n) is 5.21. The Kier molecular flexibility index (Phi) is 4.90. The highest BCUT2D eigenvalue weighted by Gasteiger charge is 2.39. The molecule has 18 heavy (non-hydrogen) atoms. The first-order chi connectivity index (χ1) is 8.25. The van der Waals surface area contributed by atoms with Gasteiger partial charge >= 0.3 is 0 Å². The van der Waals surface area contributed by atoms with Gasteiger partial charge in [-0.25, -0.2) is 0 Å². The van der Waals surface area contributed by atoms with Crippen LogP contribution in [0.4, 0.5) is 0 Å². The molecule has 0 spiro atoms. The summed E-state index contributed by atoms with van der Waals surface area (Å²) < 4.78 is 11.4. The zero-order valence-electron chi connectivity index (χ0n) is 11.6. The van der Waals surface area contributed by atoms with E-state index in [-0.39, 0.29) is 23.0 Å². The molecule has 1 fully saturated rings. The third-order valence-corrected chi connectivity index (χ3v) is 4.66. The molecule has 5 nitrogen and oxygen atoms in total. The van der Waals surface area contributed by atoms with Crippen LogP contribution < -0.4 is 5.32 Å². The minimum atomic E-state index is -1.00. The van der Waals surface area contributed by atoms with Crippen LogP contribution in [0.3, 0.4) is 0 Å². The molecule has 1 aliphatic heterocycles. The van der Waals surface area contributed by atoms with Crippen LogP contribution in [0.5, 0.6) is 0 Å². The van der Waals surface area contributed by atoms with Crippen molar-refractivity contribution >= 4 is 22.6 Å². The zero-order chi connectivity index (χ0) is 14.0. The van der Waals surface area contributed by atoms with E-state index in [0.717, 1.165) is 0 Å². The van der Waals surface area contributed by atoms with Crippen LogP contribution in [-0.2, 0) is 20.4 Å². The molecule has 0 aromatic rings. The lowest BCUT2D eigenvalue weighted by molar-refractivity contribution is -0.149. The lowest BCUT2D eigenvalue weighted by Crippen LogP contribution is -2.64. The lowest BCUT2D eigenvalue weighted by atomic mass is 9.98. The van der Waals surface area contributed by atoms with Crippen LogP contribution in [0.25, 0.3) is 0 Å². The van der Waals surface area contributed by atoms with Crippen LogP contribution in [0.1, 0.15) is 27.7 Å². The topological polar surface area (TPSA) is 66.5 Å². The lowest BCUT2D eigenvalue weighted by Gasteiger charge is -2.39. The van der Waals surface area contributed by atoms with Gasteiger partial charge in [-0.1, -0.05) is 13.8 Å². The number of nitrogens with zero attached hydrogens (tertiary/aromatic N) is 1. The van der Waals surface area contributed by atoms with Crippen molar-refractivity contribution in [3.8, 4) is 0 Å². The highest BCUT2D eigenvalue weighted by Crippen LogP contribution is 2.16. The Bertz CT molecular complexity index is 370. The van der Waals surface area contributed by atoms with Gasteiger partial charge in [0, 0.05) is 28.9 Å². The number of carbonyl (C=O) groups excluding carboxylic acids is 2. The first-order valence-corrected chi connectivity index (χ1v) is 7.81. The van der Waals surface area contributed by atoms with Crippen molar-refractivity contribution in [2.45, 2.75) is 45.0 Å². The summed E-state index contributed by atoms with van der Waals surface area (Å²) >= 11 is 0. The van der Waals surface area contributed by atoms with Crippen molar-refractivity contribution in [3.05, 3.63) is 0 Å². The Labute approximate surface area is 111 Å². The Morgan fingerprint density at radius 1 is 1.33 bits per heavy atom. The largest absolute Gasteiger partial charge is 0.342 e. The van der Waals surface area contributed by atoms with Crippen LogP contribution in [0, 0.1) is 5.92 Å². The van der Waals surface area contributed by atoms with Crippen LogP contribution in [0.2, 0.25) is 0 Å². The van der Waals surface area contributed by atoms with E-state index >= 15 is 0 Å². The van der Waals surface area contributed by atoms with Crippen LogP contribution in [0.15, 0.2) is 0 Å². The molecule has 6 heteroatoms. The van der Waals surface area contributed by atoms with Crippen molar-refractivity contribution in [1.82, 2.24) is 10.2 Å². The van der Waals surface area contributed by atoms with Gasteiger partial charge in [0.15, 0.2) is 0 Å². The van der Waals surface area contributed by atoms with E-state index in [9.17, 15) is 13.8 Å². The first kappa shape index (κ1) is 15.1. The normalized spacial score (nSPS) is 28.2. The van der Waals surface area contributed by atoms with Gasteiger partial charge in [-0.3, -0.25) is 13.8 Å². The quantitative estimate of drug-likeness (QED) is 0.792. The highest BCUT2D eigenvalue weighted by molar-refractivity contribution is 7.84. The number of amides is 2. The Balaban J connectivity index is 2.88. The second-order valence-corrected chi connectivity index (χ2v) is 7.01. The van der Waals surface area contributed by atoms with Gasteiger partial charge in [0.1, 0.15) is 12.1 Å². The molecule has 1 N–H and O–H groups in total. The van der Waals surface area contributed by atoms with Gasteiger partial charge < -0.3 is 10.2 Å². The van der Waals surface area contributed by atoms with Crippen molar-refractivity contribution < 1.29 is 13.8 Å². The standard InChI is InChI=1S/C12H22N2O3S/c1-7(2)10-12(16)14(6-8(3)18(5)17)9(4)11(15)13-10/h7-10H,6H2,1-5H3,(H,13,15). The summed E-state index contributed by atoms with van der Waals surface area (Å²) in [6, 6.07) is -0.954. The van der Waals surface area contributed by atoms with Crippen LogP contribution in [-0.4, -0.2) is 51.1 Å². The second kappa shape index (κ2) is 5.82. The Morgan fingerprint density at radius 2 is 1.89 bits per heavy atom. The summed E-state index contributed by atoms with van der Waals surface area (Å²) in [6.07, 6.45) is 1.61. The Hall–Kier alpha value is -0.910.